The number of phenols is 1. The Morgan fingerprint density at radius 3 is 2.33 bits per heavy atom. The predicted molar refractivity (Wildman–Crippen MR) is 89.3 cm³/mol. The van der Waals surface area contributed by atoms with Crippen LogP contribution >= 0.6 is 0 Å². The second-order valence-electron chi connectivity index (χ2n) is 4.71. The SMILES string of the molecule is COc1cccc(C(=O)N/N=C/c2cc(OC)c(O)c(OC)c2)c1. The van der Waals surface area contributed by atoms with Gasteiger partial charge in [0.25, 0.3) is 5.91 Å². The monoisotopic (exact) mass is 330 g/mol. The highest BCUT2D eigenvalue weighted by molar-refractivity contribution is 5.95. The lowest BCUT2D eigenvalue weighted by Gasteiger charge is -2.09. The molecule has 0 heterocycles. The number of carbonyl (C=O) groups excluding carboxylic acids is 1. The van der Waals surface area contributed by atoms with Crippen LogP contribution in [0.25, 0.3) is 0 Å². The molecule has 2 aromatic carbocycles. The number of aromatic hydroxyl groups is 1. The Morgan fingerprint density at radius 1 is 1.08 bits per heavy atom. The number of carbonyl (C=O) groups is 1. The lowest BCUT2D eigenvalue weighted by atomic mass is 10.2. The third-order valence-corrected chi connectivity index (χ3v) is 3.21. The fourth-order valence-corrected chi connectivity index (χ4v) is 1.98. The second kappa shape index (κ2) is 7.87. The molecule has 0 aliphatic carbocycles. The molecule has 0 radical (unpaired) electrons. The van der Waals surface area contributed by atoms with Crippen LogP contribution in [0.2, 0.25) is 0 Å². The van der Waals surface area contributed by atoms with Gasteiger partial charge in [-0.15, -0.1) is 0 Å². The summed E-state index contributed by atoms with van der Waals surface area (Å²) in [5.41, 5.74) is 3.43. The van der Waals surface area contributed by atoms with E-state index in [2.05, 4.69) is 10.5 Å². The lowest BCUT2D eigenvalue weighted by molar-refractivity contribution is 0.0955. The number of benzene rings is 2. The van der Waals surface area contributed by atoms with E-state index in [1.54, 1.807) is 36.4 Å². The van der Waals surface area contributed by atoms with Crippen LogP contribution in [-0.2, 0) is 0 Å². The molecule has 0 aromatic heterocycles. The maximum absolute atomic E-state index is 12.0. The minimum absolute atomic E-state index is 0.0995. The number of hydrogen-bond acceptors (Lipinski definition) is 6. The van der Waals surface area contributed by atoms with Gasteiger partial charge in [0.15, 0.2) is 11.5 Å². The number of methoxy groups -OCH3 is 3. The zero-order chi connectivity index (χ0) is 17.5. The smallest absolute Gasteiger partial charge is 0.271 e. The number of hydrogen-bond donors (Lipinski definition) is 2. The first-order valence-electron chi connectivity index (χ1n) is 7.01. The molecule has 0 fully saturated rings. The summed E-state index contributed by atoms with van der Waals surface area (Å²) in [6.07, 6.45) is 1.42. The molecule has 126 valence electrons. The molecule has 0 aliphatic rings. The Morgan fingerprint density at radius 2 is 1.75 bits per heavy atom. The molecule has 2 N–H and O–H groups in total. The van der Waals surface area contributed by atoms with Gasteiger partial charge in [0.05, 0.1) is 27.5 Å². The second-order valence-corrected chi connectivity index (χ2v) is 4.71. The van der Waals surface area contributed by atoms with Crippen LogP contribution in [0, 0.1) is 0 Å². The van der Waals surface area contributed by atoms with E-state index in [1.807, 2.05) is 0 Å². The minimum atomic E-state index is -0.372. The summed E-state index contributed by atoms with van der Waals surface area (Å²) in [4.78, 5) is 12.0. The van der Waals surface area contributed by atoms with Gasteiger partial charge in [0.1, 0.15) is 5.75 Å². The van der Waals surface area contributed by atoms with Gasteiger partial charge in [0, 0.05) is 11.1 Å². The highest BCUT2D eigenvalue weighted by atomic mass is 16.5. The summed E-state index contributed by atoms with van der Waals surface area (Å²) >= 11 is 0. The van der Waals surface area contributed by atoms with Crippen LogP contribution < -0.4 is 19.6 Å². The molecule has 24 heavy (non-hydrogen) atoms. The summed E-state index contributed by atoms with van der Waals surface area (Å²) in [7, 11) is 4.39. The van der Waals surface area contributed by atoms with Gasteiger partial charge in [-0.05, 0) is 30.3 Å². The molecular weight excluding hydrogens is 312 g/mol. The Bertz CT molecular complexity index is 733. The number of nitrogens with one attached hydrogen (secondary N) is 1. The lowest BCUT2D eigenvalue weighted by Crippen LogP contribution is -2.17. The third-order valence-electron chi connectivity index (χ3n) is 3.21. The van der Waals surface area contributed by atoms with E-state index in [0.717, 1.165) is 0 Å². The van der Waals surface area contributed by atoms with Gasteiger partial charge in [-0.1, -0.05) is 6.07 Å². The number of phenolic OH excluding ortho intramolecular Hbond substituents is 1. The Balaban J connectivity index is 2.12. The summed E-state index contributed by atoms with van der Waals surface area (Å²) in [5, 5.41) is 13.7. The maximum Gasteiger partial charge on any atom is 0.271 e. The van der Waals surface area contributed by atoms with E-state index in [-0.39, 0.29) is 23.2 Å². The van der Waals surface area contributed by atoms with Gasteiger partial charge in [-0.25, -0.2) is 5.43 Å². The van der Waals surface area contributed by atoms with E-state index < -0.39 is 0 Å². The normalized spacial score (nSPS) is 10.5. The van der Waals surface area contributed by atoms with Crippen molar-refractivity contribution in [2.75, 3.05) is 21.3 Å². The zero-order valence-corrected chi connectivity index (χ0v) is 13.6. The third kappa shape index (κ3) is 3.95. The highest BCUT2D eigenvalue weighted by Crippen LogP contribution is 2.36. The van der Waals surface area contributed by atoms with Gasteiger partial charge < -0.3 is 19.3 Å². The van der Waals surface area contributed by atoms with Crippen molar-refractivity contribution < 1.29 is 24.1 Å². The molecule has 0 saturated heterocycles. The van der Waals surface area contributed by atoms with Crippen molar-refractivity contribution in [3.63, 3.8) is 0 Å². The van der Waals surface area contributed by atoms with Gasteiger partial charge in [-0.2, -0.15) is 5.10 Å². The Kier molecular flexibility index (Phi) is 5.62. The average Bonchev–Trinajstić information content (AvgIpc) is 2.62. The molecule has 0 spiro atoms. The van der Waals surface area contributed by atoms with Crippen molar-refractivity contribution in [2.24, 2.45) is 5.10 Å². The molecule has 2 rings (SSSR count). The molecule has 7 nitrogen and oxygen atoms in total. The number of hydrazone groups is 1. The molecule has 1 amide bonds. The molecule has 0 unspecified atom stereocenters. The van der Waals surface area contributed by atoms with Crippen molar-refractivity contribution in [3.8, 4) is 23.0 Å². The topological polar surface area (TPSA) is 89.4 Å². The van der Waals surface area contributed by atoms with E-state index in [1.165, 1.54) is 27.5 Å². The maximum atomic E-state index is 12.0. The van der Waals surface area contributed by atoms with Gasteiger partial charge in [-0.3, -0.25) is 4.79 Å². The first-order chi connectivity index (χ1) is 11.6. The fourth-order valence-electron chi connectivity index (χ4n) is 1.98. The summed E-state index contributed by atoms with van der Waals surface area (Å²) in [6, 6.07) is 9.86. The van der Waals surface area contributed by atoms with Crippen LogP contribution in [0.5, 0.6) is 23.0 Å². The van der Waals surface area contributed by atoms with Crippen LogP contribution in [0.4, 0.5) is 0 Å². The molecule has 0 bridgehead atoms. The summed E-state index contributed by atoms with van der Waals surface area (Å²) < 4.78 is 15.2. The van der Waals surface area contributed by atoms with E-state index >= 15 is 0 Å². The van der Waals surface area contributed by atoms with Crippen molar-refractivity contribution in [1.29, 1.82) is 0 Å². The molecule has 7 heteroatoms. The van der Waals surface area contributed by atoms with Crippen molar-refractivity contribution in [3.05, 3.63) is 47.5 Å². The van der Waals surface area contributed by atoms with Crippen LogP contribution in [0.3, 0.4) is 0 Å². The van der Waals surface area contributed by atoms with Gasteiger partial charge >= 0.3 is 0 Å². The zero-order valence-electron chi connectivity index (χ0n) is 13.6. The molecule has 0 saturated carbocycles. The van der Waals surface area contributed by atoms with E-state index in [0.29, 0.717) is 16.9 Å². The average molecular weight is 330 g/mol. The molecule has 2 aromatic rings. The van der Waals surface area contributed by atoms with E-state index in [9.17, 15) is 9.90 Å². The largest absolute Gasteiger partial charge is 0.502 e. The van der Waals surface area contributed by atoms with Crippen molar-refractivity contribution >= 4 is 12.1 Å². The minimum Gasteiger partial charge on any atom is -0.502 e. The van der Waals surface area contributed by atoms with Crippen LogP contribution in [-0.4, -0.2) is 38.6 Å². The molecule has 0 aliphatic heterocycles. The quantitative estimate of drug-likeness (QED) is 0.626. The van der Waals surface area contributed by atoms with Gasteiger partial charge in [0.2, 0.25) is 5.75 Å². The van der Waals surface area contributed by atoms with Crippen molar-refractivity contribution in [2.45, 2.75) is 0 Å². The van der Waals surface area contributed by atoms with Crippen LogP contribution in [0.15, 0.2) is 41.5 Å². The molecular formula is C17H18N2O5. The predicted octanol–water partition coefficient (Wildman–Crippen LogP) is 2.18. The number of ether oxygens (including phenoxy) is 3. The van der Waals surface area contributed by atoms with E-state index in [4.69, 9.17) is 14.2 Å². The first-order valence-corrected chi connectivity index (χ1v) is 7.01. The van der Waals surface area contributed by atoms with Crippen LogP contribution in [0.1, 0.15) is 15.9 Å². The van der Waals surface area contributed by atoms with Crippen molar-refractivity contribution in [1.82, 2.24) is 5.43 Å². The number of nitrogens with zero attached hydrogens (tertiary/aromatic N) is 1. The first kappa shape index (κ1) is 17.1. The number of rotatable bonds is 6. The standard InChI is InChI=1S/C17H18N2O5/c1-22-13-6-4-5-12(9-13)17(21)19-18-10-11-7-14(23-2)16(20)15(8-11)24-3/h4-10,20H,1-3H3,(H,19,21)/b18-10+. The Hall–Kier alpha value is -3.22. The fraction of sp³-hybridized carbons (Fsp3) is 0.176. The Labute approximate surface area is 139 Å². The summed E-state index contributed by atoms with van der Waals surface area (Å²) in [5.74, 6) is 0.602. The summed E-state index contributed by atoms with van der Waals surface area (Å²) in [6.45, 7) is 0. The highest BCUT2D eigenvalue weighted by Gasteiger charge is 2.10. The molecule has 0 atom stereocenters. The number of amides is 1.